The first kappa shape index (κ1) is 13.4. The predicted molar refractivity (Wildman–Crippen MR) is 79.1 cm³/mol. The molecule has 0 saturated heterocycles. The number of hydrogen-bond acceptors (Lipinski definition) is 4. The van der Waals surface area contributed by atoms with Gasteiger partial charge in [0.1, 0.15) is 5.52 Å². The molecule has 0 aromatic carbocycles. The monoisotopic (exact) mass is 274 g/mol. The maximum Gasteiger partial charge on any atom is 0.154 e. The van der Waals surface area contributed by atoms with Crippen LogP contribution in [0.25, 0.3) is 5.52 Å². The summed E-state index contributed by atoms with van der Waals surface area (Å²) in [5, 5.41) is 14.0. The van der Waals surface area contributed by atoms with Crippen LogP contribution in [0.1, 0.15) is 38.3 Å². The second-order valence-electron chi connectivity index (χ2n) is 6.18. The van der Waals surface area contributed by atoms with E-state index in [4.69, 9.17) is 0 Å². The minimum atomic E-state index is -0.0975. The Morgan fingerprint density at radius 2 is 2.20 bits per heavy atom. The van der Waals surface area contributed by atoms with Gasteiger partial charge < -0.3 is 10.0 Å². The zero-order valence-corrected chi connectivity index (χ0v) is 12.3. The number of fused-ring (bicyclic) bond motifs is 1. The van der Waals surface area contributed by atoms with Gasteiger partial charge in [0.15, 0.2) is 5.82 Å². The van der Waals surface area contributed by atoms with Crippen LogP contribution in [0.3, 0.4) is 0 Å². The number of aliphatic hydroxyl groups is 1. The summed E-state index contributed by atoms with van der Waals surface area (Å²) in [5.74, 6) is 1.95. The number of aromatic nitrogens is 3. The predicted octanol–water partition coefficient (Wildman–Crippen LogP) is 2.06. The molecule has 0 aliphatic heterocycles. The molecule has 3 rings (SSSR count). The highest BCUT2D eigenvalue weighted by atomic mass is 16.3. The normalized spacial score (nSPS) is 22.2. The van der Waals surface area contributed by atoms with Crippen molar-refractivity contribution in [3.63, 3.8) is 0 Å². The zero-order valence-electron chi connectivity index (χ0n) is 12.3. The third kappa shape index (κ3) is 2.38. The molecular formula is C15H22N4O. The summed E-state index contributed by atoms with van der Waals surface area (Å²) in [6.07, 6.45) is 5.41. The van der Waals surface area contributed by atoms with E-state index in [0.717, 1.165) is 36.4 Å². The van der Waals surface area contributed by atoms with Gasteiger partial charge >= 0.3 is 0 Å². The van der Waals surface area contributed by atoms with E-state index in [9.17, 15) is 5.11 Å². The van der Waals surface area contributed by atoms with E-state index in [1.54, 1.807) is 6.20 Å². The summed E-state index contributed by atoms with van der Waals surface area (Å²) in [6, 6.07) is 2.12. The number of hydrogen-bond donors (Lipinski definition) is 1. The van der Waals surface area contributed by atoms with Gasteiger partial charge in [-0.3, -0.25) is 0 Å². The van der Waals surface area contributed by atoms with E-state index in [-0.39, 0.29) is 6.10 Å². The lowest BCUT2D eigenvalue weighted by Gasteiger charge is -2.34. The Morgan fingerprint density at radius 3 is 2.85 bits per heavy atom. The van der Waals surface area contributed by atoms with Gasteiger partial charge in [-0.2, -0.15) is 5.10 Å². The molecule has 108 valence electrons. The molecule has 20 heavy (non-hydrogen) atoms. The van der Waals surface area contributed by atoms with Crippen molar-refractivity contribution in [2.45, 2.75) is 38.7 Å². The lowest BCUT2D eigenvalue weighted by Crippen LogP contribution is -2.37. The van der Waals surface area contributed by atoms with Crippen molar-refractivity contribution in [1.82, 2.24) is 14.6 Å². The van der Waals surface area contributed by atoms with E-state index in [2.05, 4.69) is 41.9 Å². The van der Waals surface area contributed by atoms with Crippen LogP contribution in [0.15, 0.2) is 18.5 Å². The minimum absolute atomic E-state index is 0.0975. The van der Waals surface area contributed by atoms with Gasteiger partial charge in [-0.1, -0.05) is 13.8 Å². The molecule has 0 radical (unpaired) electrons. The molecular weight excluding hydrogens is 252 g/mol. The summed E-state index contributed by atoms with van der Waals surface area (Å²) < 4.78 is 1.91. The number of aliphatic hydroxyl groups excluding tert-OH is 1. The average molecular weight is 274 g/mol. The van der Waals surface area contributed by atoms with Crippen LogP contribution < -0.4 is 4.90 Å². The Kier molecular flexibility index (Phi) is 3.38. The van der Waals surface area contributed by atoms with Crippen LogP contribution >= 0.6 is 0 Å². The topological polar surface area (TPSA) is 53.7 Å². The van der Waals surface area contributed by atoms with Crippen molar-refractivity contribution >= 4 is 11.3 Å². The lowest BCUT2D eigenvalue weighted by atomic mass is 9.82. The van der Waals surface area contributed by atoms with Crippen molar-refractivity contribution < 1.29 is 5.11 Å². The second-order valence-corrected chi connectivity index (χ2v) is 6.18. The highest BCUT2D eigenvalue weighted by Crippen LogP contribution is 2.30. The molecule has 2 aromatic heterocycles. The molecule has 1 aliphatic carbocycles. The van der Waals surface area contributed by atoms with Crippen LogP contribution in [0.4, 0.5) is 5.82 Å². The maximum atomic E-state index is 9.39. The van der Waals surface area contributed by atoms with Gasteiger partial charge in [0.25, 0.3) is 0 Å². The number of nitrogens with zero attached hydrogens (tertiary/aromatic N) is 4. The first-order valence-electron chi connectivity index (χ1n) is 7.28. The number of rotatable bonds is 4. The van der Waals surface area contributed by atoms with Gasteiger partial charge in [0.05, 0.1) is 11.8 Å². The highest BCUT2D eigenvalue weighted by Gasteiger charge is 2.28. The maximum absolute atomic E-state index is 9.39. The summed E-state index contributed by atoms with van der Waals surface area (Å²) in [6.45, 7) is 5.23. The van der Waals surface area contributed by atoms with Gasteiger partial charge in [-0.25, -0.2) is 9.50 Å². The van der Waals surface area contributed by atoms with Crippen LogP contribution in [0, 0.1) is 5.92 Å². The van der Waals surface area contributed by atoms with Crippen molar-refractivity contribution in [3.8, 4) is 0 Å². The van der Waals surface area contributed by atoms with Crippen LogP contribution in [-0.4, -0.2) is 39.4 Å². The molecule has 0 bridgehead atoms. The molecule has 0 spiro atoms. The third-order valence-electron chi connectivity index (χ3n) is 4.08. The summed E-state index contributed by atoms with van der Waals surface area (Å²) in [5.41, 5.74) is 2.14. The van der Waals surface area contributed by atoms with E-state index in [1.165, 1.54) is 0 Å². The molecule has 1 N–H and O–H groups in total. The summed E-state index contributed by atoms with van der Waals surface area (Å²) in [4.78, 5) is 6.69. The highest BCUT2D eigenvalue weighted by molar-refractivity contribution is 5.69. The Hall–Kier alpha value is -1.62. The van der Waals surface area contributed by atoms with E-state index >= 15 is 0 Å². The first-order valence-corrected chi connectivity index (χ1v) is 7.28. The summed E-state index contributed by atoms with van der Waals surface area (Å²) >= 11 is 0. The van der Waals surface area contributed by atoms with E-state index < -0.39 is 0 Å². The quantitative estimate of drug-likeness (QED) is 0.927. The van der Waals surface area contributed by atoms with Crippen molar-refractivity contribution in [2.24, 2.45) is 5.92 Å². The smallest absolute Gasteiger partial charge is 0.154 e. The largest absolute Gasteiger partial charge is 0.393 e. The average Bonchev–Trinajstić information content (AvgIpc) is 2.80. The van der Waals surface area contributed by atoms with Gasteiger partial charge in [-0.15, -0.1) is 0 Å². The fraction of sp³-hybridized carbons (Fsp3) is 0.600. The van der Waals surface area contributed by atoms with E-state index in [1.807, 2.05) is 10.7 Å². The van der Waals surface area contributed by atoms with Crippen molar-refractivity contribution in [3.05, 3.63) is 24.2 Å². The Balaban J connectivity index is 1.86. The molecule has 1 fully saturated rings. The molecule has 0 unspecified atom stereocenters. The fourth-order valence-electron chi connectivity index (χ4n) is 2.83. The zero-order chi connectivity index (χ0) is 14.3. The molecule has 2 heterocycles. The molecule has 0 atom stereocenters. The fourth-order valence-corrected chi connectivity index (χ4v) is 2.83. The molecule has 0 amide bonds. The lowest BCUT2D eigenvalue weighted by molar-refractivity contribution is 0.0464. The van der Waals surface area contributed by atoms with Gasteiger partial charge in [0, 0.05) is 26.0 Å². The van der Waals surface area contributed by atoms with Crippen LogP contribution in [-0.2, 0) is 0 Å². The van der Waals surface area contributed by atoms with Crippen molar-refractivity contribution in [1.29, 1.82) is 0 Å². The minimum Gasteiger partial charge on any atom is -0.393 e. The number of anilines is 1. The third-order valence-corrected chi connectivity index (χ3v) is 4.08. The van der Waals surface area contributed by atoms with E-state index in [0.29, 0.717) is 11.8 Å². The molecule has 1 aliphatic rings. The molecule has 5 heteroatoms. The standard InChI is InChI=1S/C15H22N4O/c1-10(2)13-8-14-15(16-4-5-19(14)17-13)18(3)9-11-6-12(20)7-11/h4-5,8,10-12,20H,6-7,9H2,1-3H3. The Labute approximate surface area is 119 Å². The van der Waals surface area contributed by atoms with Gasteiger partial charge in [0.2, 0.25) is 0 Å². The molecule has 2 aromatic rings. The molecule has 1 saturated carbocycles. The second kappa shape index (κ2) is 5.05. The van der Waals surface area contributed by atoms with Crippen LogP contribution in [0.2, 0.25) is 0 Å². The SMILES string of the molecule is CC(C)c1cc2c(N(C)CC3CC(O)C3)nccn2n1. The van der Waals surface area contributed by atoms with Gasteiger partial charge in [-0.05, 0) is 30.7 Å². The Bertz CT molecular complexity index is 601. The Morgan fingerprint density at radius 1 is 1.45 bits per heavy atom. The molecule has 5 nitrogen and oxygen atoms in total. The van der Waals surface area contributed by atoms with Crippen molar-refractivity contribution in [2.75, 3.05) is 18.5 Å². The summed E-state index contributed by atoms with van der Waals surface area (Å²) in [7, 11) is 2.06. The first-order chi connectivity index (χ1) is 9.54. The van der Waals surface area contributed by atoms with Crippen LogP contribution in [0.5, 0.6) is 0 Å².